The van der Waals surface area contributed by atoms with Crippen LogP contribution in [0.25, 0.3) is 0 Å². The molecule has 2 fully saturated rings. The van der Waals surface area contributed by atoms with Gasteiger partial charge in [-0.05, 0) is 24.8 Å². The highest BCUT2D eigenvalue weighted by molar-refractivity contribution is 5.83. The lowest BCUT2D eigenvalue weighted by Crippen LogP contribution is -2.48. The van der Waals surface area contributed by atoms with Crippen LogP contribution in [0.3, 0.4) is 0 Å². The van der Waals surface area contributed by atoms with Gasteiger partial charge >= 0.3 is 0 Å². The molecular weight excluding hydrogens is 306 g/mol. The van der Waals surface area contributed by atoms with Gasteiger partial charge in [-0.25, -0.2) is 0 Å². The highest BCUT2D eigenvalue weighted by Crippen LogP contribution is 2.48. The Morgan fingerprint density at radius 3 is 2.75 bits per heavy atom. The maximum absolute atomic E-state index is 12.7. The molecule has 0 spiro atoms. The van der Waals surface area contributed by atoms with Crippen LogP contribution in [0.5, 0.6) is 0 Å². The van der Waals surface area contributed by atoms with E-state index < -0.39 is 0 Å². The Bertz CT molecular complexity index is 729. The molecule has 2 atom stereocenters. The lowest BCUT2D eigenvalue weighted by molar-refractivity contribution is -0.134. The molecule has 0 aromatic carbocycles. The molecule has 1 aliphatic carbocycles. The molecule has 2 aliphatic rings. The van der Waals surface area contributed by atoms with Crippen molar-refractivity contribution in [2.75, 3.05) is 26.2 Å². The van der Waals surface area contributed by atoms with Gasteiger partial charge in [-0.1, -0.05) is 5.16 Å². The maximum atomic E-state index is 12.7. The summed E-state index contributed by atoms with van der Waals surface area (Å²) in [5.41, 5.74) is 2.15. The van der Waals surface area contributed by atoms with E-state index in [0.717, 1.165) is 50.6 Å². The van der Waals surface area contributed by atoms with E-state index in [0.29, 0.717) is 11.8 Å². The third kappa shape index (κ3) is 3.08. The summed E-state index contributed by atoms with van der Waals surface area (Å²) in [7, 11) is 1.91. The molecule has 0 N–H and O–H groups in total. The van der Waals surface area contributed by atoms with Gasteiger partial charge in [0.05, 0.1) is 11.9 Å². The standard InChI is InChI=1S/C17H23N5O2/c1-12-7-14(19-24-12)11-21-3-5-22(6-4-21)17(23)16-8-15(16)13-9-18-20(2)10-13/h7,9-10,15-16H,3-6,8,11H2,1-2H3/t15-,16-/m1/s1. The van der Waals surface area contributed by atoms with Crippen molar-refractivity contribution in [1.82, 2.24) is 24.7 Å². The molecule has 1 aliphatic heterocycles. The normalized spacial score (nSPS) is 24.3. The number of rotatable bonds is 4. The van der Waals surface area contributed by atoms with Gasteiger partial charge in [0.2, 0.25) is 5.91 Å². The van der Waals surface area contributed by atoms with E-state index in [1.54, 1.807) is 4.68 Å². The van der Waals surface area contributed by atoms with Crippen LogP contribution in [0.4, 0.5) is 0 Å². The Kier molecular flexibility index (Phi) is 3.88. The Morgan fingerprint density at radius 1 is 1.33 bits per heavy atom. The monoisotopic (exact) mass is 329 g/mol. The Morgan fingerprint density at radius 2 is 2.12 bits per heavy atom. The van der Waals surface area contributed by atoms with Crippen LogP contribution in [0.2, 0.25) is 0 Å². The smallest absolute Gasteiger partial charge is 0.226 e. The number of nitrogens with zero attached hydrogens (tertiary/aromatic N) is 5. The SMILES string of the molecule is Cc1cc(CN2CCN(C(=O)[C@@H]3C[C@@H]3c3cnn(C)c3)CC2)no1. The predicted molar refractivity (Wildman–Crippen MR) is 87.2 cm³/mol. The van der Waals surface area contributed by atoms with Crippen molar-refractivity contribution in [1.29, 1.82) is 0 Å². The molecule has 2 aromatic rings. The molecule has 4 rings (SSSR count). The van der Waals surface area contributed by atoms with Crippen molar-refractivity contribution in [3.8, 4) is 0 Å². The van der Waals surface area contributed by atoms with Crippen molar-refractivity contribution >= 4 is 5.91 Å². The van der Waals surface area contributed by atoms with Crippen molar-refractivity contribution in [3.63, 3.8) is 0 Å². The molecule has 0 radical (unpaired) electrons. The average Bonchev–Trinajstić information content (AvgIpc) is 3.09. The summed E-state index contributed by atoms with van der Waals surface area (Å²) < 4.78 is 6.92. The van der Waals surface area contributed by atoms with Crippen LogP contribution in [0.15, 0.2) is 23.0 Å². The van der Waals surface area contributed by atoms with Crippen LogP contribution < -0.4 is 0 Å². The largest absolute Gasteiger partial charge is 0.361 e. The van der Waals surface area contributed by atoms with Gasteiger partial charge in [-0.3, -0.25) is 14.4 Å². The third-order valence-corrected chi connectivity index (χ3v) is 5.01. The summed E-state index contributed by atoms with van der Waals surface area (Å²) in [6.07, 6.45) is 4.87. The van der Waals surface area contributed by atoms with Crippen LogP contribution in [-0.2, 0) is 18.4 Å². The molecule has 1 saturated heterocycles. The van der Waals surface area contributed by atoms with Crippen LogP contribution in [0, 0.1) is 12.8 Å². The fraction of sp³-hybridized carbons (Fsp3) is 0.588. The van der Waals surface area contributed by atoms with Crippen LogP contribution >= 0.6 is 0 Å². The van der Waals surface area contributed by atoms with E-state index in [-0.39, 0.29) is 5.92 Å². The number of hydrogen-bond donors (Lipinski definition) is 0. The summed E-state index contributed by atoms with van der Waals surface area (Å²) in [6.45, 7) is 6.07. The van der Waals surface area contributed by atoms with E-state index in [9.17, 15) is 4.79 Å². The van der Waals surface area contributed by atoms with Crippen molar-refractivity contribution in [2.45, 2.75) is 25.8 Å². The number of aryl methyl sites for hydroxylation is 2. The first-order valence-electron chi connectivity index (χ1n) is 8.52. The molecule has 2 aromatic heterocycles. The molecule has 7 nitrogen and oxygen atoms in total. The van der Waals surface area contributed by atoms with Gasteiger partial charge in [-0.15, -0.1) is 0 Å². The summed E-state index contributed by atoms with van der Waals surface area (Å²) in [4.78, 5) is 17.0. The Balaban J connectivity index is 1.28. The molecule has 128 valence electrons. The molecule has 0 unspecified atom stereocenters. The number of amides is 1. The number of carbonyl (C=O) groups is 1. The third-order valence-electron chi connectivity index (χ3n) is 5.01. The first kappa shape index (κ1) is 15.4. The van der Waals surface area contributed by atoms with Gasteiger partial charge in [0.25, 0.3) is 0 Å². The zero-order valence-electron chi connectivity index (χ0n) is 14.2. The van der Waals surface area contributed by atoms with E-state index in [2.05, 4.69) is 15.2 Å². The van der Waals surface area contributed by atoms with Gasteiger partial charge in [-0.2, -0.15) is 5.10 Å². The zero-order valence-corrected chi connectivity index (χ0v) is 14.2. The lowest BCUT2D eigenvalue weighted by atomic mass is 10.1. The Hall–Kier alpha value is -2.15. The predicted octanol–water partition coefficient (Wildman–Crippen LogP) is 1.16. The highest BCUT2D eigenvalue weighted by atomic mass is 16.5. The van der Waals surface area contributed by atoms with Gasteiger partial charge in [0.1, 0.15) is 5.76 Å². The first-order chi connectivity index (χ1) is 11.6. The summed E-state index contributed by atoms with van der Waals surface area (Å²) in [5.74, 6) is 1.66. The van der Waals surface area contributed by atoms with E-state index in [4.69, 9.17) is 4.52 Å². The van der Waals surface area contributed by atoms with Crippen molar-refractivity contribution in [3.05, 3.63) is 35.5 Å². The van der Waals surface area contributed by atoms with Crippen molar-refractivity contribution in [2.24, 2.45) is 13.0 Å². The minimum atomic E-state index is 0.152. The number of carbonyl (C=O) groups excluding carboxylic acids is 1. The fourth-order valence-electron chi connectivity index (χ4n) is 3.55. The van der Waals surface area contributed by atoms with E-state index in [1.807, 2.05) is 37.3 Å². The second-order valence-electron chi connectivity index (χ2n) is 6.93. The van der Waals surface area contributed by atoms with E-state index >= 15 is 0 Å². The fourth-order valence-corrected chi connectivity index (χ4v) is 3.55. The number of piperazine rings is 1. The maximum Gasteiger partial charge on any atom is 0.226 e. The second kappa shape index (κ2) is 6.05. The van der Waals surface area contributed by atoms with Crippen LogP contribution in [-0.4, -0.2) is 56.8 Å². The quantitative estimate of drug-likeness (QED) is 0.842. The lowest BCUT2D eigenvalue weighted by Gasteiger charge is -2.34. The number of hydrogen-bond acceptors (Lipinski definition) is 5. The molecular formula is C17H23N5O2. The van der Waals surface area contributed by atoms with Crippen LogP contribution in [0.1, 0.15) is 29.4 Å². The molecule has 0 bridgehead atoms. The Labute approximate surface area is 141 Å². The van der Waals surface area contributed by atoms with Gasteiger partial charge in [0.15, 0.2) is 0 Å². The van der Waals surface area contributed by atoms with E-state index in [1.165, 1.54) is 5.56 Å². The topological polar surface area (TPSA) is 67.4 Å². The average molecular weight is 329 g/mol. The molecule has 3 heterocycles. The molecule has 24 heavy (non-hydrogen) atoms. The summed E-state index contributed by atoms with van der Waals surface area (Å²) >= 11 is 0. The molecule has 7 heteroatoms. The summed E-state index contributed by atoms with van der Waals surface area (Å²) in [6, 6.07) is 1.97. The van der Waals surface area contributed by atoms with Gasteiger partial charge in [0, 0.05) is 58.0 Å². The van der Waals surface area contributed by atoms with Crippen molar-refractivity contribution < 1.29 is 9.32 Å². The van der Waals surface area contributed by atoms with Gasteiger partial charge < -0.3 is 9.42 Å². The minimum absolute atomic E-state index is 0.152. The molecule has 1 amide bonds. The summed E-state index contributed by atoms with van der Waals surface area (Å²) in [5, 5.41) is 8.25. The zero-order chi connectivity index (χ0) is 16.7. The second-order valence-corrected chi connectivity index (χ2v) is 6.93. The number of aromatic nitrogens is 3. The first-order valence-corrected chi connectivity index (χ1v) is 8.52. The minimum Gasteiger partial charge on any atom is -0.361 e. The highest BCUT2D eigenvalue weighted by Gasteiger charge is 2.46. The molecule has 1 saturated carbocycles.